The molecule has 0 unspecified atom stereocenters. The largest absolute Gasteiger partial charge is 0.448 e. The molecule has 0 fully saturated rings. The average Bonchev–Trinajstić information content (AvgIpc) is 2.94. The molecule has 0 heterocycles. The molecule has 0 spiro atoms. The lowest BCUT2D eigenvalue weighted by atomic mass is 9.98. The highest BCUT2D eigenvalue weighted by molar-refractivity contribution is 9.10. The first kappa shape index (κ1) is 15.9. The highest BCUT2D eigenvalue weighted by Crippen LogP contribution is 2.44. The maximum Gasteiger partial charge on any atom is 0.411 e. The maximum absolute atomic E-state index is 12.2. The van der Waals surface area contributed by atoms with Crippen molar-refractivity contribution in [2.24, 2.45) is 0 Å². The predicted molar refractivity (Wildman–Crippen MR) is 103 cm³/mol. The van der Waals surface area contributed by atoms with Crippen molar-refractivity contribution in [2.75, 3.05) is 11.9 Å². The summed E-state index contributed by atoms with van der Waals surface area (Å²) < 4.78 is 6.42. The Morgan fingerprint density at radius 2 is 1.56 bits per heavy atom. The zero-order valence-electron chi connectivity index (χ0n) is 13.4. The Morgan fingerprint density at radius 3 is 2.20 bits per heavy atom. The summed E-state index contributed by atoms with van der Waals surface area (Å²) >= 11 is 3.39. The Labute approximate surface area is 154 Å². The molecule has 0 saturated carbocycles. The Morgan fingerprint density at radius 1 is 0.920 bits per heavy atom. The standard InChI is InChI=1S/C21H16BrNO2/c22-14-6-5-7-15(12-14)23-21(24)25-13-20-18-10-3-1-8-16(18)17-9-2-4-11-19(17)20/h1-12,20H,13H2,(H,23,24). The van der Waals surface area contributed by atoms with Gasteiger partial charge in [-0.1, -0.05) is 70.5 Å². The second-order valence-electron chi connectivity index (χ2n) is 5.96. The first-order chi connectivity index (χ1) is 12.2. The van der Waals surface area contributed by atoms with Gasteiger partial charge in [0.05, 0.1) is 0 Å². The molecule has 0 radical (unpaired) electrons. The molecule has 4 heteroatoms. The molecule has 3 aromatic rings. The van der Waals surface area contributed by atoms with Crippen LogP contribution >= 0.6 is 15.9 Å². The molecule has 0 atom stereocenters. The summed E-state index contributed by atoms with van der Waals surface area (Å²) in [6.07, 6.45) is -0.444. The fraction of sp³-hybridized carbons (Fsp3) is 0.0952. The van der Waals surface area contributed by atoms with E-state index in [0.717, 1.165) is 4.47 Å². The number of hydrogen-bond acceptors (Lipinski definition) is 2. The predicted octanol–water partition coefficient (Wildman–Crippen LogP) is 5.81. The molecule has 0 aliphatic heterocycles. The van der Waals surface area contributed by atoms with Crippen molar-refractivity contribution in [2.45, 2.75) is 5.92 Å². The van der Waals surface area contributed by atoms with Crippen LogP contribution in [0.1, 0.15) is 17.0 Å². The van der Waals surface area contributed by atoms with E-state index < -0.39 is 6.09 Å². The number of nitrogens with one attached hydrogen (secondary N) is 1. The quantitative estimate of drug-likeness (QED) is 0.609. The number of hydrogen-bond donors (Lipinski definition) is 1. The SMILES string of the molecule is O=C(Nc1cccc(Br)c1)OCC1c2ccccc2-c2ccccc21. The lowest BCUT2D eigenvalue weighted by Crippen LogP contribution is -2.17. The lowest BCUT2D eigenvalue weighted by Gasteiger charge is -2.14. The van der Waals surface area contributed by atoms with Crippen LogP contribution in [0.4, 0.5) is 10.5 Å². The van der Waals surface area contributed by atoms with Gasteiger partial charge in [-0.3, -0.25) is 5.32 Å². The normalized spacial score (nSPS) is 12.4. The molecule has 0 saturated heterocycles. The van der Waals surface area contributed by atoms with Gasteiger partial charge >= 0.3 is 6.09 Å². The molecule has 3 nitrogen and oxygen atoms in total. The van der Waals surface area contributed by atoms with Gasteiger partial charge in [-0.15, -0.1) is 0 Å². The van der Waals surface area contributed by atoms with Crippen molar-refractivity contribution in [3.05, 3.63) is 88.4 Å². The van der Waals surface area contributed by atoms with Crippen molar-refractivity contribution >= 4 is 27.7 Å². The van der Waals surface area contributed by atoms with E-state index in [1.165, 1.54) is 22.3 Å². The van der Waals surface area contributed by atoms with Crippen molar-refractivity contribution in [3.8, 4) is 11.1 Å². The average molecular weight is 394 g/mol. The third-order valence-electron chi connectivity index (χ3n) is 4.41. The zero-order valence-corrected chi connectivity index (χ0v) is 15.0. The van der Waals surface area contributed by atoms with Gasteiger partial charge < -0.3 is 4.74 Å². The minimum atomic E-state index is -0.444. The zero-order chi connectivity index (χ0) is 17.2. The molecule has 3 aromatic carbocycles. The topological polar surface area (TPSA) is 38.3 Å². The van der Waals surface area contributed by atoms with Gasteiger partial charge in [0.1, 0.15) is 6.61 Å². The van der Waals surface area contributed by atoms with Crippen molar-refractivity contribution in [1.29, 1.82) is 0 Å². The Kier molecular flexibility index (Phi) is 4.28. The number of amides is 1. The van der Waals surface area contributed by atoms with Crippen molar-refractivity contribution in [3.63, 3.8) is 0 Å². The number of halogens is 1. The second-order valence-corrected chi connectivity index (χ2v) is 6.88. The Bertz CT molecular complexity index is 893. The van der Waals surface area contributed by atoms with Crippen LogP contribution in [-0.2, 0) is 4.74 Å². The number of benzene rings is 3. The number of fused-ring (bicyclic) bond motifs is 3. The molecule has 124 valence electrons. The fourth-order valence-corrected chi connectivity index (χ4v) is 3.72. The van der Waals surface area contributed by atoms with E-state index in [1.807, 2.05) is 48.5 Å². The molecule has 1 aliphatic carbocycles. The van der Waals surface area contributed by atoms with Gasteiger partial charge in [0, 0.05) is 16.1 Å². The molecule has 1 amide bonds. The summed E-state index contributed by atoms with van der Waals surface area (Å²) in [6.45, 7) is 0.313. The van der Waals surface area contributed by atoms with Gasteiger partial charge in [0.15, 0.2) is 0 Å². The van der Waals surface area contributed by atoms with E-state index in [4.69, 9.17) is 4.74 Å². The summed E-state index contributed by atoms with van der Waals surface area (Å²) in [5.74, 6) is 0.0701. The van der Waals surface area contributed by atoms with Gasteiger partial charge in [-0.2, -0.15) is 0 Å². The van der Waals surface area contributed by atoms with Crippen molar-refractivity contribution in [1.82, 2.24) is 0 Å². The molecular formula is C21H16BrNO2. The van der Waals surface area contributed by atoms with Crippen LogP contribution in [0.25, 0.3) is 11.1 Å². The number of carbonyl (C=O) groups excluding carboxylic acids is 1. The molecule has 4 rings (SSSR count). The fourth-order valence-electron chi connectivity index (χ4n) is 3.32. The minimum Gasteiger partial charge on any atom is -0.448 e. The van der Waals surface area contributed by atoms with Crippen LogP contribution in [0.3, 0.4) is 0 Å². The van der Waals surface area contributed by atoms with Crippen LogP contribution in [0.2, 0.25) is 0 Å². The third-order valence-corrected chi connectivity index (χ3v) is 4.91. The first-order valence-electron chi connectivity index (χ1n) is 8.10. The van der Waals surface area contributed by atoms with Crippen LogP contribution in [0, 0.1) is 0 Å². The van der Waals surface area contributed by atoms with E-state index in [0.29, 0.717) is 12.3 Å². The highest BCUT2D eigenvalue weighted by Gasteiger charge is 2.28. The smallest absolute Gasteiger partial charge is 0.411 e. The molecular weight excluding hydrogens is 378 g/mol. The molecule has 0 bridgehead atoms. The van der Waals surface area contributed by atoms with E-state index in [1.54, 1.807) is 0 Å². The maximum atomic E-state index is 12.2. The highest BCUT2D eigenvalue weighted by atomic mass is 79.9. The van der Waals surface area contributed by atoms with Crippen LogP contribution < -0.4 is 5.32 Å². The summed E-state index contributed by atoms with van der Waals surface area (Å²) in [6, 6.07) is 24.0. The second kappa shape index (κ2) is 6.73. The summed E-state index contributed by atoms with van der Waals surface area (Å²) in [7, 11) is 0. The number of rotatable bonds is 3. The van der Waals surface area contributed by atoms with Crippen LogP contribution in [0.5, 0.6) is 0 Å². The lowest BCUT2D eigenvalue weighted by molar-refractivity contribution is 0.158. The molecule has 1 aliphatic rings. The third kappa shape index (κ3) is 3.17. The van der Waals surface area contributed by atoms with Gasteiger partial charge in [-0.25, -0.2) is 4.79 Å². The summed E-state index contributed by atoms with van der Waals surface area (Å²) in [5.41, 5.74) is 5.56. The van der Waals surface area contributed by atoms with Crippen LogP contribution in [0.15, 0.2) is 77.3 Å². The molecule has 25 heavy (non-hydrogen) atoms. The first-order valence-corrected chi connectivity index (χ1v) is 8.89. The molecule has 1 N–H and O–H groups in total. The van der Waals surface area contributed by atoms with E-state index >= 15 is 0 Å². The van der Waals surface area contributed by atoms with Crippen LogP contribution in [-0.4, -0.2) is 12.7 Å². The van der Waals surface area contributed by atoms with E-state index in [9.17, 15) is 4.79 Å². The molecule has 0 aromatic heterocycles. The summed E-state index contributed by atoms with van der Waals surface area (Å²) in [5, 5.41) is 2.76. The number of anilines is 1. The van der Waals surface area contributed by atoms with Gasteiger partial charge in [0.25, 0.3) is 0 Å². The van der Waals surface area contributed by atoms with Crippen molar-refractivity contribution < 1.29 is 9.53 Å². The Balaban J connectivity index is 1.50. The summed E-state index contributed by atoms with van der Waals surface area (Å²) in [4.78, 5) is 12.2. The Hall–Kier alpha value is -2.59. The van der Waals surface area contributed by atoms with E-state index in [2.05, 4.69) is 45.5 Å². The van der Waals surface area contributed by atoms with Gasteiger partial charge in [0.2, 0.25) is 0 Å². The number of carbonyl (C=O) groups is 1. The monoisotopic (exact) mass is 393 g/mol. The number of ether oxygens (including phenoxy) is 1. The van der Waals surface area contributed by atoms with E-state index in [-0.39, 0.29) is 5.92 Å². The minimum absolute atomic E-state index is 0.0701. The van der Waals surface area contributed by atoms with Gasteiger partial charge in [-0.05, 0) is 40.5 Å².